The van der Waals surface area contributed by atoms with Crippen LogP contribution in [-0.4, -0.2) is 11.3 Å². The molecule has 1 N–H and O–H groups in total. The van der Waals surface area contributed by atoms with Crippen LogP contribution < -0.4 is 5.32 Å². The van der Waals surface area contributed by atoms with E-state index in [0.717, 1.165) is 5.56 Å². The van der Waals surface area contributed by atoms with Crippen molar-refractivity contribution in [2.24, 2.45) is 0 Å². The minimum absolute atomic E-state index is 0.134. The third-order valence-electron chi connectivity index (χ3n) is 1.67. The van der Waals surface area contributed by atoms with Gasteiger partial charge in [0.05, 0.1) is 0 Å². The van der Waals surface area contributed by atoms with Gasteiger partial charge in [-0.2, -0.15) is 0 Å². The minimum Gasteiger partial charge on any atom is -0.351 e. The van der Waals surface area contributed by atoms with Gasteiger partial charge in [-0.05, 0) is 12.5 Å². The molecule has 1 rings (SSSR count). The van der Waals surface area contributed by atoms with Crippen molar-refractivity contribution in [3.05, 3.63) is 35.9 Å². The zero-order valence-electron chi connectivity index (χ0n) is 7.46. The van der Waals surface area contributed by atoms with Gasteiger partial charge in [0.25, 0.3) is 0 Å². The van der Waals surface area contributed by atoms with Crippen molar-refractivity contribution >= 4 is 17.5 Å². The highest BCUT2D eigenvalue weighted by Crippen LogP contribution is 1.98. The van der Waals surface area contributed by atoms with E-state index in [0.29, 0.717) is 6.54 Å². The van der Waals surface area contributed by atoms with Gasteiger partial charge in [-0.1, -0.05) is 30.3 Å². The fraction of sp³-hybridized carbons (Fsp3) is 0.300. The number of hydrogen-bond acceptors (Lipinski definition) is 1. The molecule has 0 aromatic heterocycles. The Morgan fingerprint density at radius 3 is 2.62 bits per heavy atom. The quantitative estimate of drug-likeness (QED) is 0.738. The molecule has 0 saturated heterocycles. The van der Waals surface area contributed by atoms with Crippen LogP contribution in [0.5, 0.6) is 0 Å². The molecule has 0 saturated carbocycles. The molecule has 1 atom stereocenters. The van der Waals surface area contributed by atoms with Crippen LogP contribution in [0, 0.1) is 0 Å². The van der Waals surface area contributed by atoms with E-state index in [-0.39, 0.29) is 5.91 Å². The lowest BCUT2D eigenvalue weighted by Gasteiger charge is -2.05. The summed E-state index contributed by atoms with van der Waals surface area (Å²) in [5, 5.41) is 2.26. The van der Waals surface area contributed by atoms with Crippen LogP contribution in [0.3, 0.4) is 0 Å². The molecule has 0 radical (unpaired) electrons. The molecule has 2 nitrogen and oxygen atoms in total. The molecule has 0 bridgehead atoms. The normalized spacial score (nSPS) is 12.2. The monoisotopic (exact) mass is 197 g/mol. The first-order valence-corrected chi connectivity index (χ1v) is 4.59. The second-order valence-electron chi connectivity index (χ2n) is 2.82. The first kappa shape index (κ1) is 10.1. The summed E-state index contributed by atoms with van der Waals surface area (Å²) in [6, 6.07) is 9.73. The van der Waals surface area contributed by atoms with Crippen molar-refractivity contribution in [2.75, 3.05) is 0 Å². The van der Waals surface area contributed by atoms with Crippen LogP contribution in [0.2, 0.25) is 0 Å². The van der Waals surface area contributed by atoms with Gasteiger partial charge in [-0.15, -0.1) is 11.6 Å². The van der Waals surface area contributed by atoms with Gasteiger partial charge < -0.3 is 5.32 Å². The minimum atomic E-state index is -0.469. The van der Waals surface area contributed by atoms with Crippen LogP contribution in [-0.2, 0) is 11.3 Å². The van der Waals surface area contributed by atoms with Gasteiger partial charge in [0, 0.05) is 6.54 Å². The first-order valence-electron chi connectivity index (χ1n) is 4.16. The Morgan fingerprint density at radius 2 is 2.08 bits per heavy atom. The van der Waals surface area contributed by atoms with Crippen molar-refractivity contribution in [2.45, 2.75) is 18.8 Å². The third kappa shape index (κ3) is 3.47. The summed E-state index contributed by atoms with van der Waals surface area (Å²) < 4.78 is 0. The fourth-order valence-corrected chi connectivity index (χ4v) is 1.00. The molecular formula is C10H12ClNO. The van der Waals surface area contributed by atoms with Gasteiger partial charge in [0.2, 0.25) is 5.91 Å². The SMILES string of the molecule is CC(Cl)C(=O)NCc1ccccc1. The number of halogens is 1. The summed E-state index contributed by atoms with van der Waals surface area (Å²) in [5.74, 6) is -0.134. The van der Waals surface area contributed by atoms with Crippen LogP contribution in [0.25, 0.3) is 0 Å². The number of carbonyl (C=O) groups excluding carboxylic acids is 1. The van der Waals surface area contributed by atoms with Crippen LogP contribution in [0.1, 0.15) is 12.5 Å². The molecule has 1 amide bonds. The molecule has 1 aromatic carbocycles. The van der Waals surface area contributed by atoms with Gasteiger partial charge in [-0.3, -0.25) is 4.79 Å². The van der Waals surface area contributed by atoms with Crippen LogP contribution in [0.15, 0.2) is 30.3 Å². The largest absolute Gasteiger partial charge is 0.351 e. The molecule has 1 aromatic rings. The number of hydrogen-bond donors (Lipinski definition) is 1. The van der Waals surface area contributed by atoms with E-state index in [2.05, 4.69) is 5.32 Å². The van der Waals surface area contributed by atoms with Crippen LogP contribution in [0.4, 0.5) is 0 Å². The van der Waals surface area contributed by atoms with E-state index in [1.54, 1.807) is 6.92 Å². The Labute approximate surface area is 82.9 Å². The number of amides is 1. The lowest BCUT2D eigenvalue weighted by Crippen LogP contribution is -2.28. The highest BCUT2D eigenvalue weighted by Gasteiger charge is 2.07. The Morgan fingerprint density at radius 1 is 1.46 bits per heavy atom. The Kier molecular flexibility index (Phi) is 3.77. The third-order valence-corrected chi connectivity index (χ3v) is 1.87. The Bertz CT molecular complexity index is 272. The summed E-state index contributed by atoms with van der Waals surface area (Å²) >= 11 is 5.58. The average molecular weight is 198 g/mol. The summed E-state index contributed by atoms with van der Waals surface area (Å²) in [6.07, 6.45) is 0. The van der Waals surface area contributed by atoms with E-state index in [1.165, 1.54) is 0 Å². The molecule has 0 fully saturated rings. The van der Waals surface area contributed by atoms with E-state index in [1.807, 2.05) is 30.3 Å². The molecule has 0 heterocycles. The molecule has 70 valence electrons. The van der Waals surface area contributed by atoms with Crippen molar-refractivity contribution < 1.29 is 4.79 Å². The fourth-order valence-electron chi connectivity index (χ4n) is 0.926. The summed E-state index contributed by atoms with van der Waals surface area (Å²) in [5.41, 5.74) is 1.08. The standard InChI is InChI=1S/C10H12ClNO/c1-8(11)10(13)12-7-9-5-3-2-4-6-9/h2-6,8H,7H2,1H3,(H,12,13). The van der Waals surface area contributed by atoms with Crippen molar-refractivity contribution in [1.82, 2.24) is 5.32 Å². The van der Waals surface area contributed by atoms with E-state index in [9.17, 15) is 4.79 Å². The van der Waals surface area contributed by atoms with Crippen molar-refractivity contribution in [1.29, 1.82) is 0 Å². The summed E-state index contributed by atoms with van der Waals surface area (Å²) in [4.78, 5) is 11.1. The molecule has 1 unspecified atom stereocenters. The number of carbonyl (C=O) groups is 1. The van der Waals surface area contributed by atoms with E-state index >= 15 is 0 Å². The topological polar surface area (TPSA) is 29.1 Å². The number of alkyl halides is 1. The number of benzene rings is 1. The lowest BCUT2D eigenvalue weighted by atomic mass is 10.2. The number of rotatable bonds is 3. The van der Waals surface area contributed by atoms with Crippen molar-refractivity contribution in [3.63, 3.8) is 0 Å². The highest BCUT2D eigenvalue weighted by atomic mass is 35.5. The highest BCUT2D eigenvalue weighted by molar-refractivity contribution is 6.30. The molecule has 0 aliphatic carbocycles. The lowest BCUT2D eigenvalue weighted by molar-refractivity contribution is -0.120. The molecule has 3 heteroatoms. The van der Waals surface area contributed by atoms with Gasteiger partial charge >= 0.3 is 0 Å². The van der Waals surface area contributed by atoms with E-state index in [4.69, 9.17) is 11.6 Å². The second kappa shape index (κ2) is 4.87. The predicted molar refractivity (Wildman–Crippen MR) is 53.6 cm³/mol. The maximum absolute atomic E-state index is 11.1. The molecule has 0 spiro atoms. The Balaban J connectivity index is 2.40. The maximum Gasteiger partial charge on any atom is 0.238 e. The zero-order chi connectivity index (χ0) is 9.68. The first-order chi connectivity index (χ1) is 6.20. The Hall–Kier alpha value is -1.02. The van der Waals surface area contributed by atoms with E-state index < -0.39 is 5.38 Å². The van der Waals surface area contributed by atoms with Gasteiger partial charge in [0.15, 0.2) is 0 Å². The van der Waals surface area contributed by atoms with Gasteiger partial charge in [0.1, 0.15) is 5.38 Å². The van der Waals surface area contributed by atoms with Crippen molar-refractivity contribution in [3.8, 4) is 0 Å². The second-order valence-corrected chi connectivity index (χ2v) is 3.47. The van der Waals surface area contributed by atoms with Gasteiger partial charge in [-0.25, -0.2) is 0 Å². The van der Waals surface area contributed by atoms with Crippen LogP contribution >= 0.6 is 11.6 Å². The summed E-state index contributed by atoms with van der Waals surface area (Å²) in [7, 11) is 0. The molecule has 13 heavy (non-hydrogen) atoms. The molecule has 0 aliphatic heterocycles. The average Bonchev–Trinajstić information content (AvgIpc) is 2.15. The number of nitrogens with one attached hydrogen (secondary N) is 1. The maximum atomic E-state index is 11.1. The molecule has 0 aliphatic rings. The smallest absolute Gasteiger partial charge is 0.238 e. The zero-order valence-corrected chi connectivity index (χ0v) is 8.21. The predicted octanol–water partition coefficient (Wildman–Crippen LogP) is 1.93. The molecular weight excluding hydrogens is 186 g/mol. The summed E-state index contributed by atoms with van der Waals surface area (Å²) in [6.45, 7) is 2.19.